The van der Waals surface area contributed by atoms with Gasteiger partial charge < -0.3 is 9.88 Å². The number of aromatic nitrogens is 6. The van der Waals surface area contributed by atoms with Gasteiger partial charge in [-0.25, -0.2) is 9.67 Å². The molecular weight excluding hydrogens is 398 g/mol. The third kappa shape index (κ3) is 3.65. The Morgan fingerprint density at radius 1 is 1.17 bits per heavy atom. The first-order valence-electron chi connectivity index (χ1n) is 10.2. The number of nitrogens with one attached hydrogen (secondary N) is 1. The van der Waals surface area contributed by atoms with Gasteiger partial charge >= 0.3 is 0 Å². The van der Waals surface area contributed by atoms with E-state index in [4.69, 9.17) is 4.98 Å². The van der Waals surface area contributed by atoms with Crippen LogP contribution in [-0.2, 0) is 11.3 Å². The largest absolute Gasteiger partial charge is 0.324 e. The lowest BCUT2D eigenvalue weighted by atomic mass is 10.2. The maximum Gasteiger partial charge on any atom is 0.238 e. The van der Waals surface area contributed by atoms with Crippen LogP contribution >= 0.6 is 11.8 Å². The Kier molecular flexibility index (Phi) is 5.72. The van der Waals surface area contributed by atoms with Crippen molar-refractivity contribution in [2.75, 3.05) is 5.32 Å². The highest BCUT2D eigenvalue weighted by Gasteiger charge is 2.20. The Morgan fingerprint density at radius 3 is 2.73 bits per heavy atom. The third-order valence-electron chi connectivity index (χ3n) is 5.25. The van der Waals surface area contributed by atoms with Crippen molar-refractivity contribution >= 4 is 45.6 Å². The van der Waals surface area contributed by atoms with Crippen LogP contribution in [0, 0.1) is 0 Å². The van der Waals surface area contributed by atoms with E-state index in [-0.39, 0.29) is 17.2 Å². The first-order chi connectivity index (χ1) is 14.5. The highest BCUT2D eigenvalue weighted by Crippen LogP contribution is 2.28. The molecule has 0 aliphatic carbocycles. The number of anilines is 1. The van der Waals surface area contributed by atoms with Gasteiger partial charge in [-0.3, -0.25) is 4.79 Å². The summed E-state index contributed by atoms with van der Waals surface area (Å²) in [5.41, 5.74) is 2.66. The van der Waals surface area contributed by atoms with Gasteiger partial charge in [-0.05, 0) is 33.3 Å². The number of aryl methyl sites for hydroxylation is 1. The molecule has 1 amide bonds. The Balaban J connectivity index is 1.56. The molecule has 1 aromatic carbocycles. The monoisotopic (exact) mass is 423 g/mol. The summed E-state index contributed by atoms with van der Waals surface area (Å²) >= 11 is 1.30. The number of thioether (sulfide) groups is 1. The molecule has 156 valence electrons. The standard InChI is InChI=1S/C21H25N7OS/c1-5-13(3)28-17(11-12-22-28)23-20(29)14(4)30-21-24-19-18(25-26-21)15-9-7-8-10-16(15)27(19)6-2/h7-14H,5-6H2,1-4H3,(H,23,29)/t13-,14+/m0/s1. The van der Waals surface area contributed by atoms with E-state index >= 15 is 0 Å². The SMILES string of the molecule is CC[C@H](C)n1nccc1NC(=O)[C@@H](C)Sc1nnc2c3ccccc3n(CC)c2n1. The summed E-state index contributed by atoms with van der Waals surface area (Å²) in [6.45, 7) is 8.86. The third-order valence-corrected chi connectivity index (χ3v) is 6.20. The quantitative estimate of drug-likeness (QED) is 0.446. The van der Waals surface area contributed by atoms with Crippen LogP contribution in [0.4, 0.5) is 5.82 Å². The van der Waals surface area contributed by atoms with Gasteiger partial charge in [0.2, 0.25) is 11.1 Å². The van der Waals surface area contributed by atoms with Gasteiger partial charge in [0.05, 0.1) is 23.0 Å². The summed E-state index contributed by atoms with van der Waals surface area (Å²) in [5.74, 6) is 0.576. The molecule has 0 radical (unpaired) electrons. The predicted octanol–water partition coefficient (Wildman–Crippen LogP) is 4.29. The van der Waals surface area contributed by atoms with Gasteiger partial charge in [0.25, 0.3) is 0 Å². The van der Waals surface area contributed by atoms with Gasteiger partial charge in [0.15, 0.2) is 5.65 Å². The molecule has 4 rings (SSSR count). The normalized spacial score (nSPS) is 13.6. The lowest BCUT2D eigenvalue weighted by Crippen LogP contribution is -2.25. The van der Waals surface area contributed by atoms with Gasteiger partial charge in [-0.2, -0.15) is 5.10 Å². The lowest BCUT2D eigenvalue weighted by molar-refractivity contribution is -0.115. The predicted molar refractivity (Wildman–Crippen MR) is 120 cm³/mol. The zero-order valence-corrected chi connectivity index (χ0v) is 18.3. The molecule has 0 saturated carbocycles. The minimum atomic E-state index is -0.385. The van der Waals surface area contributed by atoms with Crippen molar-refractivity contribution in [3.05, 3.63) is 36.5 Å². The molecule has 4 aromatic rings. The average Bonchev–Trinajstić information content (AvgIpc) is 3.34. The highest BCUT2D eigenvalue weighted by atomic mass is 32.2. The molecule has 0 fully saturated rings. The first kappa shape index (κ1) is 20.3. The number of carbonyl (C=O) groups is 1. The van der Waals surface area contributed by atoms with Gasteiger partial charge in [0.1, 0.15) is 11.3 Å². The molecule has 0 spiro atoms. The minimum absolute atomic E-state index is 0.121. The highest BCUT2D eigenvalue weighted by molar-refractivity contribution is 8.00. The van der Waals surface area contributed by atoms with Crippen LogP contribution in [0.2, 0.25) is 0 Å². The summed E-state index contributed by atoms with van der Waals surface area (Å²) in [6, 6.07) is 10.1. The fraction of sp³-hybridized carbons (Fsp3) is 0.381. The number of rotatable bonds is 7. The van der Waals surface area contributed by atoms with Crippen molar-refractivity contribution in [2.45, 2.75) is 57.1 Å². The number of nitrogens with zero attached hydrogens (tertiary/aromatic N) is 6. The van der Waals surface area contributed by atoms with E-state index in [1.807, 2.05) is 35.9 Å². The molecule has 1 N–H and O–H groups in total. The smallest absolute Gasteiger partial charge is 0.238 e. The molecule has 30 heavy (non-hydrogen) atoms. The second kappa shape index (κ2) is 8.43. The van der Waals surface area contributed by atoms with E-state index in [0.717, 1.165) is 35.0 Å². The van der Waals surface area contributed by atoms with Crippen molar-refractivity contribution in [1.82, 2.24) is 29.5 Å². The molecule has 0 aliphatic rings. The Hall–Kier alpha value is -2.94. The van der Waals surface area contributed by atoms with E-state index < -0.39 is 0 Å². The molecule has 8 nitrogen and oxygen atoms in total. The van der Waals surface area contributed by atoms with Crippen molar-refractivity contribution < 1.29 is 4.79 Å². The van der Waals surface area contributed by atoms with Crippen LogP contribution in [0.1, 0.15) is 40.2 Å². The maximum absolute atomic E-state index is 12.8. The molecule has 0 saturated heterocycles. The van der Waals surface area contributed by atoms with E-state index in [0.29, 0.717) is 11.0 Å². The molecule has 0 unspecified atom stereocenters. The summed E-state index contributed by atoms with van der Waals surface area (Å²) in [7, 11) is 0. The van der Waals surface area contributed by atoms with Crippen LogP contribution in [-0.4, -0.2) is 40.7 Å². The van der Waals surface area contributed by atoms with E-state index in [9.17, 15) is 4.79 Å². The van der Waals surface area contributed by atoms with Crippen LogP contribution in [0.25, 0.3) is 22.1 Å². The number of carbonyl (C=O) groups excluding carboxylic acids is 1. The Bertz CT molecular complexity index is 1200. The van der Waals surface area contributed by atoms with Crippen LogP contribution in [0.5, 0.6) is 0 Å². The van der Waals surface area contributed by atoms with Crippen LogP contribution in [0.15, 0.2) is 41.7 Å². The molecule has 9 heteroatoms. The number of amides is 1. The average molecular weight is 424 g/mol. The summed E-state index contributed by atoms with van der Waals surface area (Å²) in [5, 5.41) is 17.1. The molecule has 3 heterocycles. The Morgan fingerprint density at radius 2 is 1.97 bits per heavy atom. The first-order valence-corrected chi connectivity index (χ1v) is 11.0. The summed E-state index contributed by atoms with van der Waals surface area (Å²) in [6.07, 6.45) is 2.63. The second-order valence-corrected chi connectivity index (χ2v) is 8.50. The molecular formula is C21H25N7OS. The maximum atomic E-state index is 12.8. The van der Waals surface area contributed by atoms with E-state index in [1.54, 1.807) is 6.20 Å². The minimum Gasteiger partial charge on any atom is -0.324 e. The van der Waals surface area contributed by atoms with Gasteiger partial charge in [-0.1, -0.05) is 36.9 Å². The fourth-order valence-electron chi connectivity index (χ4n) is 3.44. The van der Waals surface area contributed by atoms with Crippen LogP contribution < -0.4 is 5.32 Å². The van der Waals surface area contributed by atoms with Gasteiger partial charge in [-0.15, -0.1) is 10.2 Å². The number of benzene rings is 1. The van der Waals surface area contributed by atoms with Crippen molar-refractivity contribution in [3.63, 3.8) is 0 Å². The number of hydrogen-bond donors (Lipinski definition) is 1. The summed E-state index contributed by atoms with van der Waals surface area (Å²) in [4.78, 5) is 17.5. The Labute approximate surface area is 179 Å². The molecule has 2 atom stereocenters. The number of fused-ring (bicyclic) bond motifs is 3. The van der Waals surface area contributed by atoms with Crippen molar-refractivity contribution in [3.8, 4) is 0 Å². The van der Waals surface area contributed by atoms with Crippen molar-refractivity contribution in [1.29, 1.82) is 0 Å². The molecule has 0 bridgehead atoms. The zero-order chi connectivity index (χ0) is 21.3. The van der Waals surface area contributed by atoms with Crippen molar-refractivity contribution in [2.24, 2.45) is 0 Å². The van der Waals surface area contributed by atoms with Gasteiger partial charge in [0, 0.05) is 18.0 Å². The van der Waals surface area contributed by atoms with E-state index in [2.05, 4.69) is 52.0 Å². The molecule has 3 aromatic heterocycles. The second-order valence-electron chi connectivity index (χ2n) is 7.20. The topological polar surface area (TPSA) is 90.5 Å². The summed E-state index contributed by atoms with van der Waals surface area (Å²) < 4.78 is 3.96. The van der Waals surface area contributed by atoms with Crippen LogP contribution in [0.3, 0.4) is 0 Å². The molecule has 0 aliphatic heterocycles. The van der Waals surface area contributed by atoms with E-state index in [1.165, 1.54) is 11.8 Å². The number of hydrogen-bond acceptors (Lipinski definition) is 6. The fourth-order valence-corrected chi connectivity index (χ4v) is 4.15. The number of para-hydroxylation sites is 1. The lowest BCUT2D eigenvalue weighted by Gasteiger charge is -2.16. The zero-order valence-electron chi connectivity index (χ0n) is 17.5.